The summed E-state index contributed by atoms with van der Waals surface area (Å²) < 4.78 is 49.7. The minimum absolute atomic E-state index is 0.00419. The molecule has 0 saturated carbocycles. The van der Waals surface area contributed by atoms with Gasteiger partial charge >= 0.3 is 0 Å². The Morgan fingerprint density at radius 1 is 1.33 bits per heavy atom. The zero-order valence-electron chi connectivity index (χ0n) is 7.10. The van der Waals surface area contributed by atoms with Gasteiger partial charge in [-0.25, -0.2) is 17.2 Å². The molecule has 8 heteroatoms. The van der Waals surface area contributed by atoms with Crippen LogP contribution in [0.5, 0.6) is 0 Å². The van der Waals surface area contributed by atoms with Gasteiger partial charge in [-0.3, -0.25) is 4.72 Å². The van der Waals surface area contributed by atoms with Crippen molar-refractivity contribution in [3.05, 3.63) is 28.2 Å². The number of nitrogens with one attached hydrogen (secondary N) is 1. The third kappa shape index (κ3) is 3.39. The van der Waals surface area contributed by atoms with Gasteiger partial charge in [-0.1, -0.05) is 15.9 Å². The molecule has 1 N–H and O–H groups in total. The predicted molar refractivity (Wildman–Crippen MR) is 60.4 cm³/mol. The van der Waals surface area contributed by atoms with Crippen molar-refractivity contribution in [2.24, 2.45) is 0 Å². The van der Waals surface area contributed by atoms with Gasteiger partial charge in [0, 0.05) is 10.5 Å². The summed E-state index contributed by atoms with van der Waals surface area (Å²) in [5, 5.41) is 0. The van der Waals surface area contributed by atoms with E-state index in [1.165, 1.54) is 0 Å². The summed E-state index contributed by atoms with van der Waals surface area (Å²) in [7, 11) is -3.66. The maximum atomic E-state index is 13.2. The Labute approximate surface area is 102 Å². The SMILES string of the molecule is O=S(=O)(CBr)Nc1c(F)cc(F)cc1Br. The number of rotatable bonds is 3. The van der Waals surface area contributed by atoms with Crippen LogP contribution in [0.4, 0.5) is 14.5 Å². The van der Waals surface area contributed by atoms with E-state index >= 15 is 0 Å². The molecule has 0 bridgehead atoms. The molecule has 0 heterocycles. The smallest absolute Gasteiger partial charge is 0.242 e. The molecule has 3 nitrogen and oxygen atoms in total. The molecule has 0 saturated heterocycles. The van der Waals surface area contributed by atoms with Crippen LogP contribution in [0.15, 0.2) is 16.6 Å². The van der Waals surface area contributed by atoms with E-state index in [0.29, 0.717) is 6.07 Å². The molecule has 0 unspecified atom stereocenters. The van der Waals surface area contributed by atoms with E-state index in [1.807, 2.05) is 4.72 Å². The highest BCUT2D eigenvalue weighted by molar-refractivity contribution is 9.11. The summed E-state index contributed by atoms with van der Waals surface area (Å²) in [6.07, 6.45) is 0. The molecular formula is C7H5Br2F2NO2S. The Hall–Kier alpha value is -0.210. The largest absolute Gasteiger partial charge is 0.279 e. The van der Waals surface area contributed by atoms with Crippen LogP contribution >= 0.6 is 31.9 Å². The highest BCUT2D eigenvalue weighted by Crippen LogP contribution is 2.27. The van der Waals surface area contributed by atoms with Crippen LogP contribution in [0, 0.1) is 11.6 Å². The zero-order valence-corrected chi connectivity index (χ0v) is 11.1. The van der Waals surface area contributed by atoms with E-state index in [0.717, 1.165) is 6.07 Å². The van der Waals surface area contributed by atoms with Gasteiger partial charge < -0.3 is 0 Å². The van der Waals surface area contributed by atoms with Gasteiger partial charge in [0.1, 0.15) is 10.5 Å². The second-order valence-corrected chi connectivity index (χ2v) is 6.45. The van der Waals surface area contributed by atoms with Gasteiger partial charge in [-0.2, -0.15) is 0 Å². The molecule has 1 rings (SSSR count). The van der Waals surface area contributed by atoms with Gasteiger partial charge in [0.05, 0.1) is 5.69 Å². The molecule has 1 aromatic carbocycles. The first-order valence-corrected chi connectivity index (χ1v) is 7.13. The number of hydrogen-bond acceptors (Lipinski definition) is 2. The van der Waals surface area contributed by atoms with Crippen molar-refractivity contribution >= 4 is 47.6 Å². The van der Waals surface area contributed by atoms with Crippen LogP contribution < -0.4 is 4.72 Å². The third-order valence-corrected chi connectivity index (χ3v) is 4.64. The van der Waals surface area contributed by atoms with Crippen LogP contribution in [0.3, 0.4) is 0 Å². The molecule has 1 aromatic rings. The maximum Gasteiger partial charge on any atom is 0.242 e. The molecule has 15 heavy (non-hydrogen) atoms. The lowest BCUT2D eigenvalue weighted by atomic mass is 10.3. The standard InChI is InChI=1S/C7H5Br2F2NO2S/c8-3-15(13,14)12-7-5(9)1-4(10)2-6(7)11/h1-2,12H,3H2. The molecule has 0 atom stereocenters. The van der Waals surface area contributed by atoms with E-state index in [4.69, 9.17) is 0 Å². The van der Waals surface area contributed by atoms with Crippen LogP contribution in [0.1, 0.15) is 0 Å². The number of alkyl halides is 1. The zero-order chi connectivity index (χ0) is 11.6. The van der Waals surface area contributed by atoms with Crippen molar-refractivity contribution in [2.45, 2.75) is 0 Å². The fraction of sp³-hybridized carbons (Fsp3) is 0.143. The second kappa shape index (κ2) is 4.75. The van der Waals surface area contributed by atoms with Crippen LogP contribution in [-0.4, -0.2) is 13.1 Å². The van der Waals surface area contributed by atoms with Crippen LogP contribution in [0.25, 0.3) is 0 Å². The summed E-state index contributed by atoms with van der Waals surface area (Å²) in [6.45, 7) is 0. The second-order valence-electron chi connectivity index (χ2n) is 2.57. The summed E-state index contributed by atoms with van der Waals surface area (Å²) in [5.41, 5.74) is -0.309. The van der Waals surface area contributed by atoms with Gasteiger partial charge in [0.2, 0.25) is 10.0 Å². The van der Waals surface area contributed by atoms with E-state index < -0.39 is 21.7 Å². The number of sulfonamides is 1. The Morgan fingerprint density at radius 3 is 2.40 bits per heavy atom. The van der Waals surface area contributed by atoms with E-state index in [1.54, 1.807) is 0 Å². The summed E-state index contributed by atoms with van der Waals surface area (Å²) >= 11 is 5.59. The number of anilines is 1. The Bertz CT molecular complexity index is 455. The van der Waals surface area contributed by atoms with Crippen molar-refractivity contribution in [1.82, 2.24) is 0 Å². The highest BCUT2D eigenvalue weighted by Gasteiger charge is 2.15. The van der Waals surface area contributed by atoms with Crippen molar-refractivity contribution in [2.75, 3.05) is 9.38 Å². The van der Waals surface area contributed by atoms with Gasteiger partial charge in [-0.05, 0) is 22.0 Å². The van der Waals surface area contributed by atoms with Crippen molar-refractivity contribution < 1.29 is 17.2 Å². The molecule has 0 aliphatic heterocycles. The first kappa shape index (κ1) is 12.9. The maximum absolute atomic E-state index is 13.2. The van der Waals surface area contributed by atoms with Crippen molar-refractivity contribution in [1.29, 1.82) is 0 Å². The first-order chi connectivity index (χ1) is 6.85. The molecule has 0 radical (unpaired) electrons. The van der Waals surface area contributed by atoms with Crippen molar-refractivity contribution in [3.63, 3.8) is 0 Å². The van der Waals surface area contributed by atoms with Crippen LogP contribution in [-0.2, 0) is 10.0 Å². The van der Waals surface area contributed by atoms with Crippen molar-refractivity contribution in [3.8, 4) is 0 Å². The first-order valence-electron chi connectivity index (χ1n) is 3.57. The Kier molecular flexibility index (Phi) is 4.07. The molecule has 0 aromatic heterocycles. The topological polar surface area (TPSA) is 46.2 Å². The monoisotopic (exact) mass is 363 g/mol. The summed E-state index contributed by atoms with van der Waals surface area (Å²) in [5.74, 6) is -1.77. The quantitative estimate of drug-likeness (QED) is 0.838. The van der Waals surface area contributed by atoms with E-state index in [9.17, 15) is 17.2 Å². The number of halogens is 4. The lowest BCUT2D eigenvalue weighted by molar-refractivity contribution is 0.582. The molecule has 0 amide bonds. The lowest BCUT2D eigenvalue weighted by Gasteiger charge is -2.08. The molecule has 0 aliphatic rings. The lowest BCUT2D eigenvalue weighted by Crippen LogP contribution is -2.14. The minimum atomic E-state index is -3.66. The van der Waals surface area contributed by atoms with E-state index in [2.05, 4.69) is 31.9 Å². The van der Waals surface area contributed by atoms with E-state index in [-0.39, 0.29) is 14.8 Å². The molecule has 0 aliphatic carbocycles. The fourth-order valence-corrected chi connectivity index (χ4v) is 2.38. The molecule has 0 spiro atoms. The highest BCUT2D eigenvalue weighted by atomic mass is 79.9. The third-order valence-electron chi connectivity index (χ3n) is 1.41. The predicted octanol–water partition coefficient (Wildman–Crippen LogP) is 2.82. The fourth-order valence-electron chi connectivity index (χ4n) is 0.822. The average molecular weight is 365 g/mol. The number of benzene rings is 1. The van der Waals surface area contributed by atoms with Gasteiger partial charge in [0.25, 0.3) is 0 Å². The summed E-state index contributed by atoms with van der Waals surface area (Å²) in [6, 6.07) is 1.56. The molecular weight excluding hydrogens is 360 g/mol. The molecule has 0 fully saturated rings. The van der Waals surface area contributed by atoms with Crippen LogP contribution in [0.2, 0.25) is 0 Å². The minimum Gasteiger partial charge on any atom is -0.279 e. The van der Waals surface area contributed by atoms with Gasteiger partial charge in [0.15, 0.2) is 5.82 Å². The Morgan fingerprint density at radius 2 is 1.93 bits per heavy atom. The summed E-state index contributed by atoms with van der Waals surface area (Å²) in [4.78, 5) is 0. The average Bonchev–Trinajstić information content (AvgIpc) is 2.11. The normalized spacial score (nSPS) is 11.5. The Balaban J connectivity index is 3.17. The number of hydrogen-bond donors (Lipinski definition) is 1. The van der Waals surface area contributed by atoms with Gasteiger partial charge in [-0.15, -0.1) is 0 Å². The molecule has 84 valence electrons.